The molecule has 0 spiro atoms. The number of hydrogen-bond acceptors (Lipinski definition) is 6. The van der Waals surface area contributed by atoms with Gasteiger partial charge in [-0.2, -0.15) is 15.0 Å². The van der Waals surface area contributed by atoms with E-state index in [1.54, 1.807) is 11.8 Å². The van der Waals surface area contributed by atoms with Crippen LogP contribution >= 0.6 is 11.8 Å². The Bertz CT molecular complexity index is 297. The van der Waals surface area contributed by atoms with Gasteiger partial charge in [0, 0.05) is 6.54 Å². The lowest BCUT2D eigenvalue weighted by molar-refractivity contribution is 0.308. The standard InChI is InChI=1S/C10H18N4OS/c1-4-7-11-8-12-9(15-5-2)14-10(13-8)16-6-3/h4-7H2,1-3H3,(H,11,12,13,14). The van der Waals surface area contributed by atoms with Crippen molar-refractivity contribution in [3.63, 3.8) is 0 Å². The Morgan fingerprint density at radius 2 is 2.00 bits per heavy atom. The van der Waals surface area contributed by atoms with Crippen LogP contribution in [0.3, 0.4) is 0 Å². The predicted molar refractivity (Wildman–Crippen MR) is 66.2 cm³/mol. The number of aromatic nitrogens is 3. The van der Waals surface area contributed by atoms with Crippen molar-refractivity contribution in [1.29, 1.82) is 0 Å². The predicted octanol–water partition coefficient (Wildman–Crippen LogP) is 2.20. The summed E-state index contributed by atoms with van der Waals surface area (Å²) in [5.74, 6) is 1.53. The smallest absolute Gasteiger partial charge is 0.322 e. The first kappa shape index (κ1) is 13.0. The van der Waals surface area contributed by atoms with Gasteiger partial charge >= 0.3 is 6.01 Å². The van der Waals surface area contributed by atoms with Gasteiger partial charge in [0.1, 0.15) is 0 Å². The van der Waals surface area contributed by atoms with Crippen molar-refractivity contribution in [2.24, 2.45) is 0 Å². The van der Waals surface area contributed by atoms with E-state index in [0.29, 0.717) is 23.7 Å². The lowest BCUT2D eigenvalue weighted by Gasteiger charge is -2.07. The molecule has 0 fully saturated rings. The van der Waals surface area contributed by atoms with Crippen LogP contribution in [0, 0.1) is 0 Å². The van der Waals surface area contributed by atoms with Crippen molar-refractivity contribution in [2.45, 2.75) is 32.3 Å². The van der Waals surface area contributed by atoms with Gasteiger partial charge in [-0.3, -0.25) is 0 Å². The maximum Gasteiger partial charge on any atom is 0.322 e. The third-order valence-electron chi connectivity index (χ3n) is 1.67. The highest BCUT2D eigenvalue weighted by atomic mass is 32.2. The second-order valence-electron chi connectivity index (χ2n) is 3.02. The monoisotopic (exact) mass is 242 g/mol. The van der Waals surface area contributed by atoms with E-state index in [1.165, 1.54) is 0 Å². The molecule has 0 saturated carbocycles. The van der Waals surface area contributed by atoms with Gasteiger partial charge in [0.25, 0.3) is 0 Å². The van der Waals surface area contributed by atoms with Crippen molar-refractivity contribution in [3.05, 3.63) is 0 Å². The molecular formula is C10H18N4OS. The zero-order valence-electron chi connectivity index (χ0n) is 9.99. The van der Waals surface area contributed by atoms with Crippen LogP contribution in [-0.4, -0.2) is 33.9 Å². The van der Waals surface area contributed by atoms with E-state index >= 15 is 0 Å². The fourth-order valence-corrected chi connectivity index (χ4v) is 1.59. The van der Waals surface area contributed by atoms with E-state index in [0.717, 1.165) is 18.7 Å². The van der Waals surface area contributed by atoms with Crippen molar-refractivity contribution >= 4 is 17.7 Å². The van der Waals surface area contributed by atoms with Crippen LogP contribution in [0.1, 0.15) is 27.2 Å². The molecule has 5 nitrogen and oxygen atoms in total. The molecule has 0 saturated heterocycles. The molecule has 0 aromatic carbocycles. The highest BCUT2D eigenvalue weighted by Gasteiger charge is 2.06. The van der Waals surface area contributed by atoms with E-state index in [-0.39, 0.29) is 0 Å². The van der Waals surface area contributed by atoms with E-state index in [4.69, 9.17) is 4.74 Å². The third-order valence-corrected chi connectivity index (χ3v) is 2.40. The molecule has 1 aromatic heterocycles. The van der Waals surface area contributed by atoms with Crippen LogP contribution in [0.25, 0.3) is 0 Å². The second-order valence-corrected chi connectivity index (χ2v) is 4.25. The molecule has 0 aliphatic carbocycles. The molecule has 1 heterocycles. The van der Waals surface area contributed by atoms with Gasteiger partial charge in [-0.15, -0.1) is 0 Å². The molecule has 1 N–H and O–H groups in total. The minimum absolute atomic E-state index is 0.395. The number of hydrogen-bond donors (Lipinski definition) is 1. The van der Waals surface area contributed by atoms with Crippen molar-refractivity contribution < 1.29 is 4.74 Å². The van der Waals surface area contributed by atoms with E-state index in [2.05, 4.69) is 34.1 Å². The van der Waals surface area contributed by atoms with E-state index in [9.17, 15) is 0 Å². The number of rotatable bonds is 7. The first-order valence-corrected chi connectivity index (χ1v) is 6.54. The topological polar surface area (TPSA) is 59.9 Å². The normalized spacial score (nSPS) is 10.2. The van der Waals surface area contributed by atoms with Crippen LogP contribution < -0.4 is 10.1 Å². The molecule has 0 aliphatic heterocycles. The maximum atomic E-state index is 5.30. The van der Waals surface area contributed by atoms with Gasteiger partial charge in [-0.05, 0) is 19.1 Å². The summed E-state index contributed by atoms with van der Waals surface area (Å²) in [6.45, 7) is 7.49. The minimum Gasteiger partial charge on any atom is -0.464 e. The Kier molecular flexibility index (Phi) is 5.92. The minimum atomic E-state index is 0.395. The molecule has 1 rings (SSSR count). The Hall–Kier alpha value is -1.04. The number of ether oxygens (including phenoxy) is 1. The Morgan fingerprint density at radius 3 is 2.62 bits per heavy atom. The van der Waals surface area contributed by atoms with Crippen LogP contribution in [0.4, 0.5) is 5.95 Å². The summed E-state index contributed by atoms with van der Waals surface area (Å²) in [6, 6.07) is 0.395. The average Bonchev–Trinajstić information content (AvgIpc) is 2.27. The fourth-order valence-electron chi connectivity index (χ4n) is 1.04. The average molecular weight is 242 g/mol. The van der Waals surface area contributed by atoms with Gasteiger partial charge in [0.05, 0.1) is 6.61 Å². The molecule has 0 aliphatic rings. The number of anilines is 1. The molecule has 1 aromatic rings. The first-order valence-electron chi connectivity index (χ1n) is 5.55. The fraction of sp³-hybridized carbons (Fsp3) is 0.700. The van der Waals surface area contributed by atoms with Crippen molar-refractivity contribution in [1.82, 2.24) is 15.0 Å². The number of nitrogens with one attached hydrogen (secondary N) is 1. The summed E-state index contributed by atoms with van der Waals surface area (Å²) in [6.07, 6.45) is 1.03. The number of thioether (sulfide) groups is 1. The van der Waals surface area contributed by atoms with Crippen molar-refractivity contribution in [2.75, 3.05) is 24.2 Å². The SMILES string of the molecule is CCCNc1nc(OCC)nc(SCC)n1. The maximum absolute atomic E-state index is 5.30. The molecule has 0 radical (unpaired) electrons. The summed E-state index contributed by atoms with van der Waals surface area (Å²) in [7, 11) is 0. The largest absolute Gasteiger partial charge is 0.464 e. The summed E-state index contributed by atoms with van der Waals surface area (Å²) >= 11 is 1.58. The molecule has 0 bridgehead atoms. The third kappa shape index (κ3) is 4.22. The molecule has 6 heteroatoms. The molecule has 0 unspecified atom stereocenters. The van der Waals surface area contributed by atoms with Gasteiger partial charge < -0.3 is 10.1 Å². The van der Waals surface area contributed by atoms with E-state index in [1.807, 2.05) is 6.92 Å². The summed E-state index contributed by atoms with van der Waals surface area (Å²) in [5.41, 5.74) is 0. The highest BCUT2D eigenvalue weighted by Crippen LogP contribution is 2.16. The van der Waals surface area contributed by atoms with Crippen molar-refractivity contribution in [3.8, 4) is 6.01 Å². The summed E-state index contributed by atoms with van der Waals surface area (Å²) < 4.78 is 5.30. The summed E-state index contributed by atoms with van der Waals surface area (Å²) in [5, 5.41) is 3.84. The van der Waals surface area contributed by atoms with Crippen LogP contribution in [-0.2, 0) is 0 Å². The van der Waals surface area contributed by atoms with Gasteiger partial charge in [0.15, 0.2) is 5.16 Å². The van der Waals surface area contributed by atoms with Gasteiger partial charge in [0.2, 0.25) is 5.95 Å². The molecule has 90 valence electrons. The van der Waals surface area contributed by atoms with E-state index < -0.39 is 0 Å². The highest BCUT2D eigenvalue weighted by molar-refractivity contribution is 7.99. The quantitative estimate of drug-likeness (QED) is 0.740. The molecule has 0 amide bonds. The Balaban J connectivity index is 2.80. The van der Waals surface area contributed by atoms with Gasteiger partial charge in [-0.1, -0.05) is 25.6 Å². The lowest BCUT2D eigenvalue weighted by atomic mass is 10.5. The Labute approximate surface area is 100 Å². The number of nitrogens with zero attached hydrogens (tertiary/aromatic N) is 3. The van der Waals surface area contributed by atoms with Crippen LogP contribution in [0.5, 0.6) is 6.01 Å². The molecule has 16 heavy (non-hydrogen) atoms. The van der Waals surface area contributed by atoms with Crippen LogP contribution in [0.15, 0.2) is 5.16 Å². The zero-order chi connectivity index (χ0) is 11.8. The Morgan fingerprint density at radius 1 is 1.19 bits per heavy atom. The lowest BCUT2D eigenvalue weighted by Crippen LogP contribution is -2.08. The van der Waals surface area contributed by atoms with Crippen LogP contribution in [0.2, 0.25) is 0 Å². The summed E-state index contributed by atoms with van der Waals surface area (Å²) in [4.78, 5) is 12.7. The molecule has 0 atom stereocenters. The molecular weight excluding hydrogens is 224 g/mol. The zero-order valence-corrected chi connectivity index (χ0v) is 10.8. The first-order chi connectivity index (χ1) is 7.80. The van der Waals surface area contributed by atoms with Gasteiger partial charge in [-0.25, -0.2) is 0 Å². The second kappa shape index (κ2) is 7.27.